The standard InChI is InChI=1S/C11H20N2O/c1-8-3-4-11(5-6-11)7-13(8)10(14)9(2)12/h8-9H,3-7,12H2,1-2H3/t8-,9+/m0/s1. The van der Waals surface area contributed by atoms with E-state index in [9.17, 15) is 4.79 Å². The van der Waals surface area contributed by atoms with Crippen molar-refractivity contribution in [2.75, 3.05) is 6.54 Å². The van der Waals surface area contributed by atoms with Crippen LogP contribution in [0.15, 0.2) is 0 Å². The summed E-state index contributed by atoms with van der Waals surface area (Å²) in [5.74, 6) is 0.128. The molecule has 1 aliphatic heterocycles. The Hall–Kier alpha value is -0.570. The molecule has 0 radical (unpaired) electrons. The molecule has 1 saturated carbocycles. The molecule has 1 aliphatic carbocycles. The zero-order valence-corrected chi connectivity index (χ0v) is 9.12. The van der Waals surface area contributed by atoms with Crippen LogP contribution in [0.2, 0.25) is 0 Å². The zero-order chi connectivity index (χ0) is 10.3. The highest BCUT2D eigenvalue weighted by molar-refractivity contribution is 5.81. The fraction of sp³-hybridized carbons (Fsp3) is 0.909. The number of carbonyl (C=O) groups is 1. The number of nitrogens with two attached hydrogens (primary N) is 1. The van der Waals surface area contributed by atoms with Crippen molar-refractivity contribution < 1.29 is 4.79 Å². The Morgan fingerprint density at radius 1 is 1.50 bits per heavy atom. The van der Waals surface area contributed by atoms with Crippen LogP contribution in [0.25, 0.3) is 0 Å². The summed E-state index contributed by atoms with van der Waals surface area (Å²) in [5.41, 5.74) is 6.14. The molecule has 3 nitrogen and oxygen atoms in total. The summed E-state index contributed by atoms with van der Waals surface area (Å²) in [6.45, 7) is 4.87. The molecule has 2 atom stereocenters. The molecule has 0 aromatic carbocycles. The van der Waals surface area contributed by atoms with Gasteiger partial charge in [-0.3, -0.25) is 4.79 Å². The minimum absolute atomic E-state index is 0.128. The fourth-order valence-corrected chi connectivity index (χ4v) is 2.41. The van der Waals surface area contributed by atoms with Gasteiger partial charge in [0, 0.05) is 12.6 Å². The molecule has 2 fully saturated rings. The summed E-state index contributed by atoms with van der Waals surface area (Å²) in [6, 6.07) is 0.0473. The van der Waals surface area contributed by atoms with Gasteiger partial charge in [0.1, 0.15) is 0 Å². The van der Waals surface area contributed by atoms with Crippen LogP contribution in [-0.4, -0.2) is 29.4 Å². The summed E-state index contributed by atoms with van der Waals surface area (Å²) in [6.07, 6.45) is 5.07. The number of likely N-dealkylation sites (tertiary alicyclic amines) is 1. The molecule has 3 heteroatoms. The fourth-order valence-electron chi connectivity index (χ4n) is 2.41. The van der Waals surface area contributed by atoms with E-state index in [0.29, 0.717) is 11.5 Å². The van der Waals surface area contributed by atoms with Gasteiger partial charge >= 0.3 is 0 Å². The lowest BCUT2D eigenvalue weighted by molar-refractivity contribution is -0.137. The van der Waals surface area contributed by atoms with Crippen LogP contribution in [0.1, 0.15) is 39.5 Å². The van der Waals surface area contributed by atoms with Gasteiger partial charge in [-0.2, -0.15) is 0 Å². The summed E-state index contributed by atoms with van der Waals surface area (Å²) >= 11 is 0. The first-order chi connectivity index (χ1) is 6.54. The highest BCUT2D eigenvalue weighted by Gasteiger charge is 2.48. The van der Waals surface area contributed by atoms with E-state index < -0.39 is 0 Å². The third-order valence-electron chi connectivity index (χ3n) is 3.76. The normalized spacial score (nSPS) is 31.6. The second-order valence-electron chi connectivity index (χ2n) is 5.14. The van der Waals surface area contributed by atoms with Gasteiger partial charge in [0.05, 0.1) is 6.04 Å². The number of hydrogen-bond donors (Lipinski definition) is 1. The smallest absolute Gasteiger partial charge is 0.239 e. The van der Waals surface area contributed by atoms with E-state index in [-0.39, 0.29) is 11.9 Å². The van der Waals surface area contributed by atoms with Crippen molar-refractivity contribution in [1.29, 1.82) is 0 Å². The number of carbonyl (C=O) groups excluding carboxylic acids is 1. The number of amides is 1. The second-order valence-corrected chi connectivity index (χ2v) is 5.14. The number of nitrogens with zero attached hydrogens (tertiary/aromatic N) is 1. The Kier molecular flexibility index (Phi) is 2.30. The predicted octanol–water partition coefficient (Wildman–Crippen LogP) is 1.12. The van der Waals surface area contributed by atoms with Gasteiger partial charge in [-0.1, -0.05) is 0 Å². The molecule has 1 saturated heterocycles. The minimum Gasteiger partial charge on any atom is -0.338 e. The monoisotopic (exact) mass is 196 g/mol. The molecule has 2 aliphatic rings. The average molecular weight is 196 g/mol. The summed E-state index contributed by atoms with van der Waals surface area (Å²) < 4.78 is 0. The van der Waals surface area contributed by atoms with E-state index in [1.54, 1.807) is 6.92 Å². The summed E-state index contributed by atoms with van der Waals surface area (Å²) in [4.78, 5) is 13.8. The highest BCUT2D eigenvalue weighted by atomic mass is 16.2. The molecule has 0 aromatic rings. The van der Waals surface area contributed by atoms with Gasteiger partial charge in [0.2, 0.25) is 5.91 Å². The SMILES string of the molecule is C[C@@H](N)C(=O)N1CC2(CC[C@@H]1C)CC2. The molecule has 2 rings (SSSR count). The Morgan fingerprint density at radius 3 is 2.64 bits per heavy atom. The number of piperidine rings is 1. The Morgan fingerprint density at radius 2 is 2.14 bits per heavy atom. The topological polar surface area (TPSA) is 46.3 Å². The molecule has 0 bridgehead atoms. The van der Waals surface area contributed by atoms with E-state index in [2.05, 4.69) is 6.92 Å². The molecule has 80 valence electrons. The van der Waals surface area contributed by atoms with Crippen molar-refractivity contribution in [2.24, 2.45) is 11.1 Å². The van der Waals surface area contributed by atoms with E-state index in [1.165, 1.54) is 19.3 Å². The van der Waals surface area contributed by atoms with Gasteiger partial charge in [0.15, 0.2) is 0 Å². The van der Waals surface area contributed by atoms with Crippen LogP contribution in [-0.2, 0) is 4.79 Å². The van der Waals surface area contributed by atoms with E-state index in [4.69, 9.17) is 5.73 Å². The van der Waals surface area contributed by atoms with Crippen molar-refractivity contribution in [3.63, 3.8) is 0 Å². The molecule has 0 aromatic heterocycles. The minimum atomic E-state index is -0.341. The molecule has 1 spiro atoms. The lowest BCUT2D eigenvalue weighted by atomic mass is 9.90. The maximum absolute atomic E-state index is 11.8. The van der Waals surface area contributed by atoms with Gasteiger partial charge in [-0.05, 0) is 44.9 Å². The highest BCUT2D eigenvalue weighted by Crippen LogP contribution is 2.53. The Labute approximate surface area is 85.6 Å². The van der Waals surface area contributed by atoms with Crippen LogP contribution < -0.4 is 5.73 Å². The van der Waals surface area contributed by atoms with Gasteiger partial charge in [0.25, 0.3) is 0 Å². The Balaban J connectivity index is 2.04. The maximum atomic E-state index is 11.8. The first kappa shape index (κ1) is 9.97. The molecule has 1 heterocycles. The van der Waals surface area contributed by atoms with E-state index in [0.717, 1.165) is 13.0 Å². The second kappa shape index (κ2) is 3.23. The van der Waals surface area contributed by atoms with Gasteiger partial charge in [-0.25, -0.2) is 0 Å². The third-order valence-corrected chi connectivity index (χ3v) is 3.76. The quantitative estimate of drug-likeness (QED) is 0.683. The first-order valence-corrected chi connectivity index (χ1v) is 5.60. The Bertz CT molecular complexity index is 246. The van der Waals surface area contributed by atoms with Crippen molar-refractivity contribution in [1.82, 2.24) is 4.90 Å². The van der Waals surface area contributed by atoms with Crippen LogP contribution in [0, 0.1) is 5.41 Å². The molecular formula is C11H20N2O. The van der Waals surface area contributed by atoms with Crippen LogP contribution in [0.5, 0.6) is 0 Å². The maximum Gasteiger partial charge on any atom is 0.239 e. The molecular weight excluding hydrogens is 176 g/mol. The first-order valence-electron chi connectivity index (χ1n) is 5.60. The molecule has 0 unspecified atom stereocenters. The number of hydrogen-bond acceptors (Lipinski definition) is 2. The lowest BCUT2D eigenvalue weighted by Gasteiger charge is -2.39. The van der Waals surface area contributed by atoms with Crippen LogP contribution in [0.3, 0.4) is 0 Å². The van der Waals surface area contributed by atoms with Crippen molar-refractivity contribution in [3.05, 3.63) is 0 Å². The predicted molar refractivity (Wildman–Crippen MR) is 55.7 cm³/mol. The van der Waals surface area contributed by atoms with Crippen molar-refractivity contribution >= 4 is 5.91 Å². The van der Waals surface area contributed by atoms with Crippen molar-refractivity contribution in [2.45, 2.75) is 51.6 Å². The van der Waals surface area contributed by atoms with Gasteiger partial charge in [-0.15, -0.1) is 0 Å². The van der Waals surface area contributed by atoms with Crippen molar-refractivity contribution in [3.8, 4) is 0 Å². The largest absolute Gasteiger partial charge is 0.338 e. The van der Waals surface area contributed by atoms with E-state index >= 15 is 0 Å². The summed E-state index contributed by atoms with van der Waals surface area (Å²) in [5, 5.41) is 0. The lowest BCUT2D eigenvalue weighted by Crippen LogP contribution is -2.51. The number of rotatable bonds is 1. The summed E-state index contributed by atoms with van der Waals surface area (Å²) in [7, 11) is 0. The third kappa shape index (κ3) is 1.65. The zero-order valence-electron chi connectivity index (χ0n) is 9.12. The van der Waals surface area contributed by atoms with Crippen LogP contribution >= 0.6 is 0 Å². The average Bonchev–Trinajstić information content (AvgIpc) is 2.89. The van der Waals surface area contributed by atoms with E-state index in [1.807, 2.05) is 4.90 Å². The molecule has 1 amide bonds. The molecule has 14 heavy (non-hydrogen) atoms. The molecule has 2 N–H and O–H groups in total. The van der Waals surface area contributed by atoms with Gasteiger partial charge < -0.3 is 10.6 Å². The van der Waals surface area contributed by atoms with Crippen LogP contribution in [0.4, 0.5) is 0 Å².